The van der Waals surface area contributed by atoms with Crippen LogP contribution in [0.5, 0.6) is 0 Å². The Bertz CT molecular complexity index is 529. The second-order valence-corrected chi connectivity index (χ2v) is 6.85. The van der Waals surface area contributed by atoms with Gasteiger partial charge in [0.05, 0.1) is 5.56 Å². The molecule has 0 aliphatic rings. The first-order valence-electron chi connectivity index (χ1n) is 7.07. The normalized spacial score (nSPS) is 11.3. The summed E-state index contributed by atoms with van der Waals surface area (Å²) in [5.41, 5.74) is 0.401. The second-order valence-electron chi connectivity index (χ2n) is 5.74. The molecule has 2 N–H and O–H groups in total. The number of hydrogen-bond donors (Lipinski definition) is 2. The summed E-state index contributed by atoms with van der Waals surface area (Å²) in [7, 11) is 0. The summed E-state index contributed by atoms with van der Waals surface area (Å²) in [5, 5.41) is 12.4. The molecule has 0 aromatic carbocycles. The molecule has 6 heteroatoms. The first-order valence-corrected chi connectivity index (χ1v) is 7.89. The van der Waals surface area contributed by atoms with Crippen LogP contribution in [0.1, 0.15) is 61.8 Å². The van der Waals surface area contributed by atoms with E-state index in [9.17, 15) is 14.7 Å². The van der Waals surface area contributed by atoms with Crippen molar-refractivity contribution in [1.82, 2.24) is 0 Å². The monoisotopic (exact) mass is 313 g/mol. The molecule has 21 heavy (non-hydrogen) atoms. The van der Waals surface area contributed by atoms with E-state index < -0.39 is 17.7 Å². The van der Waals surface area contributed by atoms with Crippen molar-refractivity contribution in [1.29, 1.82) is 0 Å². The highest BCUT2D eigenvalue weighted by molar-refractivity contribution is 7.16. The van der Waals surface area contributed by atoms with Gasteiger partial charge < -0.3 is 9.84 Å². The fourth-order valence-corrected chi connectivity index (χ4v) is 3.19. The minimum absolute atomic E-state index is 0.199. The number of ether oxygens (including phenoxy) is 1. The van der Waals surface area contributed by atoms with Crippen LogP contribution in [0, 0.1) is 0 Å². The topological polar surface area (TPSA) is 75.6 Å². The number of aromatic carboxylic acids is 1. The van der Waals surface area contributed by atoms with Gasteiger partial charge >= 0.3 is 12.1 Å². The van der Waals surface area contributed by atoms with Crippen molar-refractivity contribution in [3.8, 4) is 0 Å². The van der Waals surface area contributed by atoms with E-state index in [4.69, 9.17) is 4.74 Å². The number of hydrogen-bond acceptors (Lipinski definition) is 4. The zero-order valence-corrected chi connectivity index (χ0v) is 14.0. The van der Waals surface area contributed by atoms with E-state index in [0.29, 0.717) is 11.4 Å². The minimum Gasteiger partial charge on any atom is -0.478 e. The zero-order valence-electron chi connectivity index (χ0n) is 13.2. The number of rotatable bonds is 5. The summed E-state index contributed by atoms with van der Waals surface area (Å²) in [5.74, 6) is -1.01. The summed E-state index contributed by atoms with van der Waals surface area (Å²) in [6, 6.07) is 0. The van der Waals surface area contributed by atoms with Crippen molar-refractivity contribution in [2.24, 2.45) is 0 Å². The van der Waals surface area contributed by atoms with Gasteiger partial charge in [0.15, 0.2) is 0 Å². The predicted octanol–water partition coefficient (Wildman–Crippen LogP) is 4.31. The molecule has 1 aromatic heterocycles. The van der Waals surface area contributed by atoms with E-state index in [1.54, 1.807) is 20.8 Å². The number of carboxylic acid groups (broad SMARTS) is 1. The highest BCUT2D eigenvalue weighted by Crippen LogP contribution is 2.35. The SMILES string of the molecule is CCCc1c(CC)sc(NC(=O)OC(C)(C)C)c1C(=O)O. The van der Waals surface area contributed by atoms with Crippen LogP contribution in [-0.4, -0.2) is 22.8 Å². The van der Waals surface area contributed by atoms with Crippen molar-refractivity contribution in [2.75, 3.05) is 5.32 Å². The molecule has 0 saturated carbocycles. The number of amides is 1. The minimum atomic E-state index is -1.01. The van der Waals surface area contributed by atoms with Crippen LogP contribution in [0.3, 0.4) is 0 Å². The van der Waals surface area contributed by atoms with E-state index >= 15 is 0 Å². The lowest BCUT2D eigenvalue weighted by atomic mass is 10.0. The van der Waals surface area contributed by atoms with Crippen LogP contribution in [0.2, 0.25) is 0 Å². The first-order chi connectivity index (χ1) is 9.69. The highest BCUT2D eigenvalue weighted by atomic mass is 32.1. The summed E-state index contributed by atoms with van der Waals surface area (Å²) in [6.07, 6.45) is 1.67. The molecule has 118 valence electrons. The standard InChI is InChI=1S/C15H23NO4S/c1-6-8-9-10(7-2)21-12(11(9)13(17)18)16-14(19)20-15(3,4)5/h6-8H2,1-5H3,(H,16,19)(H,17,18). The molecule has 0 spiro atoms. The Hall–Kier alpha value is -1.56. The van der Waals surface area contributed by atoms with Crippen LogP contribution < -0.4 is 5.32 Å². The van der Waals surface area contributed by atoms with E-state index in [1.807, 2.05) is 13.8 Å². The number of thiophene rings is 1. The Kier molecular flexibility index (Phi) is 5.78. The third-order valence-electron chi connectivity index (χ3n) is 2.74. The maximum absolute atomic E-state index is 11.9. The Balaban J connectivity index is 3.12. The van der Waals surface area contributed by atoms with Gasteiger partial charge in [-0.15, -0.1) is 11.3 Å². The predicted molar refractivity (Wildman–Crippen MR) is 84.5 cm³/mol. The lowest BCUT2D eigenvalue weighted by molar-refractivity contribution is 0.0636. The fraction of sp³-hybridized carbons (Fsp3) is 0.600. The molecular formula is C15H23NO4S. The van der Waals surface area contributed by atoms with Crippen molar-refractivity contribution in [3.05, 3.63) is 16.0 Å². The van der Waals surface area contributed by atoms with Gasteiger partial charge in [-0.1, -0.05) is 20.3 Å². The van der Waals surface area contributed by atoms with Crippen LogP contribution in [0.15, 0.2) is 0 Å². The quantitative estimate of drug-likeness (QED) is 0.849. The van der Waals surface area contributed by atoms with Crippen LogP contribution >= 0.6 is 11.3 Å². The van der Waals surface area contributed by atoms with Gasteiger partial charge in [0.2, 0.25) is 0 Å². The Labute approximate surface area is 129 Å². The highest BCUT2D eigenvalue weighted by Gasteiger charge is 2.25. The van der Waals surface area contributed by atoms with Crippen LogP contribution in [-0.2, 0) is 17.6 Å². The smallest absolute Gasteiger partial charge is 0.412 e. The summed E-state index contributed by atoms with van der Waals surface area (Å²) in [4.78, 5) is 24.4. The van der Waals surface area contributed by atoms with Crippen LogP contribution in [0.25, 0.3) is 0 Å². The largest absolute Gasteiger partial charge is 0.478 e. The number of aryl methyl sites for hydroxylation is 1. The average molecular weight is 313 g/mol. The third kappa shape index (κ3) is 4.74. The number of carboxylic acids is 1. The lowest BCUT2D eigenvalue weighted by Crippen LogP contribution is -2.27. The molecule has 1 amide bonds. The van der Waals surface area contributed by atoms with Gasteiger partial charge in [-0.25, -0.2) is 9.59 Å². The number of nitrogens with one attached hydrogen (secondary N) is 1. The van der Waals surface area contributed by atoms with Gasteiger partial charge in [0.1, 0.15) is 10.6 Å². The molecular weight excluding hydrogens is 290 g/mol. The molecule has 0 unspecified atom stereocenters. The number of anilines is 1. The second kappa shape index (κ2) is 6.93. The number of carbonyl (C=O) groups is 2. The Morgan fingerprint density at radius 3 is 2.33 bits per heavy atom. The fourth-order valence-electron chi connectivity index (χ4n) is 2.02. The molecule has 0 aliphatic carbocycles. The van der Waals surface area contributed by atoms with Gasteiger partial charge in [-0.2, -0.15) is 0 Å². The summed E-state index contributed by atoms with van der Waals surface area (Å²) >= 11 is 1.32. The molecule has 0 radical (unpaired) electrons. The van der Waals surface area contributed by atoms with Crippen LogP contribution in [0.4, 0.5) is 9.80 Å². The molecule has 0 bridgehead atoms. The third-order valence-corrected chi connectivity index (χ3v) is 4.03. The van der Waals surface area contributed by atoms with Gasteiger partial charge in [0.25, 0.3) is 0 Å². The van der Waals surface area contributed by atoms with E-state index in [0.717, 1.165) is 23.3 Å². The lowest BCUT2D eigenvalue weighted by Gasteiger charge is -2.19. The molecule has 0 saturated heterocycles. The maximum Gasteiger partial charge on any atom is 0.412 e. The Morgan fingerprint density at radius 2 is 1.90 bits per heavy atom. The average Bonchev–Trinajstić information content (AvgIpc) is 2.64. The summed E-state index contributed by atoms with van der Waals surface area (Å²) < 4.78 is 5.18. The van der Waals surface area contributed by atoms with Crippen molar-refractivity contribution in [2.45, 2.75) is 59.5 Å². The number of carbonyl (C=O) groups excluding carboxylic acids is 1. The molecule has 0 atom stereocenters. The van der Waals surface area contributed by atoms with E-state index in [-0.39, 0.29) is 5.56 Å². The van der Waals surface area contributed by atoms with Crippen molar-refractivity contribution >= 4 is 28.4 Å². The Morgan fingerprint density at radius 1 is 1.29 bits per heavy atom. The molecule has 0 fully saturated rings. The molecule has 1 aromatic rings. The van der Waals surface area contributed by atoms with E-state index in [2.05, 4.69) is 5.32 Å². The molecule has 1 heterocycles. The molecule has 1 rings (SSSR count). The van der Waals surface area contributed by atoms with Crippen molar-refractivity contribution in [3.63, 3.8) is 0 Å². The zero-order chi connectivity index (χ0) is 16.2. The molecule has 5 nitrogen and oxygen atoms in total. The van der Waals surface area contributed by atoms with Gasteiger partial charge in [-0.3, -0.25) is 5.32 Å². The van der Waals surface area contributed by atoms with Gasteiger partial charge in [-0.05, 0) is 39.2 Å². The molecule has 0 aliphatic heterocycles. The van der Waals surface area contributed by atoms with E-state index in [1.165, 1.54) is 11.3 Å². The maximum atomic E-state index is 11.9. The first kappa shape index (κ1) is 17.5. The van der Waals surface area contributed by atoms with Gasteiger partial charge in [0, 0.05) is 4.88 Å². The summed E-state index contributed by atoms with van der Waals surface area (Å²) in [6.45, 7) is 9.27. The van der Waals surface area contributed by atoms with Crippen molar-refractivity contribution < 1.29 is 19.4 Å².